The molecule has 152 valence electrons. The zero-order valence-corrected chi connectivity index (χ0v) is 17.3. The van der Waals surface area contributed by atoms with Crippen LogP contribution in [0.1, 0.15) is 34.3 Å². The van der Waals surface area contributed by atoms with Crippen molar-refractivity contribution in [1.29, 1.82) is 0 Å². The Kier molecular flexibility index (Phi) is 6.26. The van der Waals surface area contributed by atoms with Gasteiger partial charge in [-0.15, -0.1) is 0 Å². The van der Waals surface area contributed by atoms with E-state index < -0.39 is 0 Å². The number of hydrogen-bond donors (Lipinski definition) is 1. The first-order valence-electron chi connectivity index (χ1n) is 10.1. The number of hydrogen-bond acceptors (Lipinski definition) is 3. The van der Waals surface area contributed by atoms with E-state index in [1.807, 2.05) is 54.6 Å². The number of ketones is 1. The van der Waals surface area contributed by atoms with E-state index in [0.717, 1.165) is 24.9 Å². The highest BCUT2D eigenvalue weighted by Crippen LogP contribution is 2.24. The Balaban J connectivity index is 1.49. The molecule has 3 aromatic carbocycles. The van der Waals surface area contributed by atoms with Crippen molar-refractivity contribution in [2.45, 2.75) is 25.4 Å². The summed E-state index contributed by atoms with van der Waals surface area (Å²) in [5, 5.41) is 3.71. The minimum Gasteiger partial charge on any atom is -0.324 e. The maximum absolute atomic E-state index is 13.1. The molecule has 0 aromatic heterocycles. The van der Waals surface area contributed by atoms with Crippen LogP contribution in [-0.2, 0) is 11.3 Å². The number of benzene rings is 3. The Morgan fingerprint density at radius 2 is 1.63 bits per heavy atom. The summed E-state index contributed by atoms with van der Waals surface area (Å²) in [5.41, 5.74) is 2.78. The van der Waals surface area contributed by atoms with Crippen molar-refractivity contribution in [3.05, 3.63) is 101 Å². The SMILES string of the molecule is O=C(c1ccccc1)c1ccccc1NC(=O)[C@@H]1CCCN1Cc1ccc(Cl)cc1. The van der Waals surface area contributed by atoms with Crippen molar-refractivity contribution in [2.24, 2.45) is 0 Å². The molecule has 3 aromatic rings. The van der Waals surface area contributed by atoms with E-state index in [-0.39, 0.29) is 17.7 Å². The van der Waals surface area contributed by atoms with Crippen molar-refractivity contribution in [3.8, 4) is 0 Å². The van der Waals surface area contributed by atoms with Gasteiger partial charge in [0.05, 0.1) is 11.7 Å². The first kappa shape index (κ1) is 20.3. The van der Waals surface area contributed by atoms with Gasteiger partial charge >= 0.3 is 0 Å². The molecule has 5 heteroatoms. The molecule has 1 heterocycles. The molecule has 0 aliphatic carbocycles. The Morgan fingerprint density at radius 1 is 0.933 bits per heavy atom. The largest absolute Gasteiger partial charge is 0.324 e. The predicted molar refractivity (Wildman–Crippen MR) is 120 cm³/mol. The van der Waals surface area contributed by atoms with E-state index in [2.05, 4.69) is 10.2 Å². The summed E-state index contributed by atoms with van der Waals surface area (Å²) >= 11 is 5.98. The minimum atomic E-state index is -0.222. The monoisotopic (exact) mass is 418 g/mol. The van der Waals surface area contributed by atoms with Gasteiger partial charge in [-0.1, -0.05) is 66.2 Å². The number of nitrogens with zero attached hydrogens (tertiary/aromatic N) is 1. The lowest BCUT2D eigenvalue weighted by molar-refractivity contribution is -0.120. The number of rotatable bonds is 6. The standard InChI is InChI=1S/C25H23ClN2O2/c26-20-14-12-18(13-15-20)17-28-16-6-11-23(28)25(30)27-22-10-5-4-9-21(22)24(29)19-7-2-1-3-8-19/h1-5,7-10,12-15,23H,6,11,16-17H2,(H,27,30)/t23-/m0/s1. The summed E-state index contributed by atoms with van der Waals surface area (Å²) in [6.45, 7) is 1.56. The third-order valence-corrected chi connectivity index (χ3v) is 5.68. The van der Waals surface area contributed by atoms with Gasteiger partial charge in [-0.3, -0.25) is 14.5 Å². The summed E-state index contributed by atoms with van der Waals surface area (Å²) in [6, 6.07) is 23.8. The molecule has 30 heavy (non-hydrogen) atoms. The first-order chi connectivity index (χ1) is 14.6. The van der Waals surface area contributed by atoms with Crippen LogP contribution >= 0.6 is 11.6 Å². The fourth-order valence-electron chi connectivity index (χ4n) is 3.89. The van der Waals surface area contributed by atoms with Crippen LogP contribution in [-0.4, -0.2) is 29.2 Å². The van der Waals surface area contributed by atoms with Crippen molar-refractivity contribution in [2.75, 3.05) is 11.9 Å². The summed E-state index contributed by atoms with van der Waals surface area (Å²) in [6.07, 6.45) is 1.77. The maximum Gasteiger partial charge on any atom is 0.241 e. The van der Waals surface area contributed by atoms with Gasteiger partial charge in [-0.2, -0.15) is 0 Å². The molecule has 0 radical (unpaired) electrons. The van der Waals surface area contributed by atoms with Gasteiger partial charge in [-0.05, 0) is 49.2 Å². The molecular weight excluding hydrogens is 396 g/mol. The zero-order valence-electron chi connectivity index (χ0n) is 16.6. The number of amides is 1. The third-order valence-electron chi connectivity index (χ3n) is 5.43. The van der Waals surface area contributed by atoms with E-state index in [0.29, 0.717) is 28.4 Å². The molecule has 1 fully saturated rings. The lowest BCUT2D eigenvalue weighted by Gasteiger charge is -2.24. The quantitative estimate of drug-likeness (QED) is 0.561. The van der Waals surface area contributed by atoms with Gasteiger partial charge in [0.25, 0.3) is 0 Å². The molecule has 1 amide bonds. The van der Waals surface area contributed by atoms with E-state index in [4.69, 9.17) is 11.6 Å². The second kappa shape index (κ2) is 9.24. The summed E-state index contributed by atoms with van der Waals surface area (Å²) in [4.78, 5) is 28.2. The Labute approximate surface area is 181 Å². The van der Waals surface area contributed by atoms with Crippen LogP contribution in [0.3, 0.4) is 0 Å². The van der Waals surface area contributed by atoms with Crippen LogP contribution in [0.4, 0.5) is 5.69 Å². The molecule has 0 bridgehead atoms. The van der Waals surface area contributed by atoms with Gasteiger partial charge < -0.3 is 5.32 Å². The Bertz CT molecular complexity index is 1030. The minimum absolute atomic E-state index is 0.0743. The van der Waals surface area contributed by atoms with Crippen LogP contribution < -0.4 is 5.32 Å². The molecule has 1 atom stereocenters. The summed E-state index contributed by atoms with van der Waals surface area (Å²) in [7, 11) is 0. The molecule has 0 saturated carbocycles. The van der Waals surface area contributed by atoms with Gasteiger partial charge in [0.2, 0.25) is 5.91 Å². The van der Waals surface area contributed by atoms with Gasteiger partial charge in [0.1, 0.15) is 0 Å². The fourth-order valence-corrected chi connectivity index (χ4v) is 4.01. The molecule has 1 saturated heterocycles. The molecule has 4 nitrogen and oxygen atoms in total. The van der Waals surface area contributed by atoms with Gasteiger partial charge in [-0.25, -0.2) is 0 Å². The lowest BCUT2D eigenvalue weighted by atomic mass is 10.0. The smallest absolute Gasteiger partial charge is 0.241 e. The topological polar surface area (TPSA) is 49.4 Å². The molecule has 0 spiro atoms. The van der Waals surface area contributed by atoms with Crippen LogP contribution in [0.2, 0.25) is 5.02 Å². The van der Waals surface area contributed by atoms with Crippen LogP contribution in [0.5, 0.6) is 0 Å². The zero-order chi connectivity index (χ0) is 20.9. The number of nitrogens with one attached hydrogen (secondary N) is 1. The molecular formula is C25H23ClN2O2. The van der Waals surface area contributed by atoms with E-state index >= 15 is 0 Å². The first-order valence-corrected chi connectivity index (χ1v) is 10.5. The molecule has 1 N–H and O–H groups in total. The van der Waals surface area contributed by atoms with Crippen LogP contribution in [0.15, 0.2) is 78.9 Å². The van der Waals surface area contributed by atoms with Crippen molar-refractivity contribution in [1.82, 2.24) is 4.90 Å². The number of halogens is 1. The number of anilines is 1. The highest BCUT2D eigenvalue weighted by Gasteiger charge is 2.31. The molecule has 4 rings (SSSR count). The van der Waals surface area contributed by atoms with Crippen molar-refractivity contribution in [3.63, 3.8) is 0 Å². The number of para-hydroxylation sites is 1. The lowest BCUT2D eigenvalue weighted by Crippen LogP contribution is -2.39. The van der Waals surface area contributed by atoms with E-state index in [1.165, 1.54) is 0 Å². The van der Waals surface area contributed by atoms with Crippen molar-refractivity contribution < 1.29 is 9.59 Å². The summed E-state index contributed by atoms with van der Waals surface area (Å²) < 4.78 is 0. The second-order valence-corrected chi connectivity index (χ2v) is 7.92. The number of likely N-dealkylation sites (tertiary alicyclic amines) is 1. The number of carbonyl (C=O) groups excluding carboxylic acids is 2. The van der Waals surface area contributed by atoms with E-state index in [1.54, 1.807) is 24.3 Å². The fraction of sp³-hybridized carbons (Fsp3) is 0.200. The predicted octanol–water partition coefficient (Wildman–Crippen LogP) is 5.17. The highest BCUT2D eigenvalue weighted by atomic mass is 35.5. The van der Waals surface area contributed by atoms with Crippen molar-refractivity contribution >= 4 is 29.0 Å². The van der Waals surface area contributed by atoms with Crippen LogP contribution in [0.25, 0.3) is 0 Å². The Hall–Kier alpha value is -2.95. The van der Waals surface area contributed by atoms with Gasteiger partial charge in [0.15, 0.2) is 5.78 Å². The molecule has 1 aliphatic heterocycles. The average Bonchev–Trinajstić information content (AvgIpc) is 3.24. The average molecular weight is 419 g/mol. The summed E-state index contributed by atoms with van der Waals surface area (Å²) in [5.74, 6) is -0.175. The molecule has 1 aliphatic rings. The molecule has 0 unspecified atom stereocenters. The second-order valence-electron chi connectivity index (χ2n) is 7.48. The maximum atomic E-state index is 13.1. The normalized spacial score (nSPS) is 16.4. The number of carbonyl (C=O) groups is 2. The Morgan fingerprint density at radius 3 is 2.40 bits per heavy atom. The van der Waals surface area contributed by atoms with Gasteiger partial charge in [0, 0.05) is 22.7 Å². The van der Waals surface area contributed by atoms with Crippen LogP contribution in [0, 0.1) is 0 Å². The highest BCUT2D eigenvalue weighted by molar-refractivity contribution is 6.30. The van der Waals surface area contributed by atoms with E-state index in [9.17, 15) is 9.59 Å². The third kappa shape index (κ3) is 4.61.